The number of pyridine rings is 1. The lowest BCUT2D eigenvalue weighted by Gasteiger charge is -2.07. The highest BCUT2D eigenvalue weighted by Gasteiger charge is 2.29. The van der Waals surface area contributed by atoms with Crippen LogP contribution in [0, 0.1) is 17.1 Å². The summed E-state index contributed by atoms with van der Waals surface area (Å²) in [6.07, 6.45) is 4.96. The van der Waals surface area contributed by atoms with Gasteiger partial charge < -0.3 is 4.57 Å². The third-order valence-electron chi connectivity index (χ3n) is 3.69. The van der Waals surface area contributed by atoms with Crippen molar-refractivity contribution in [2.24, 2.45) is 0 Å². The molecule has 2 aromatic heterocycles. The molecule has 4 nitrogen and oxygen atoms in total. The second-order valence-corrected chi connectivity index (χ2v) is 5.24. The molecule has 0 unspecified atom stereocenters. The third kappa shape index (κ3) is 1.96. The van der Waals surface area contributed by atoms with Gasteiger partial charge in [-0.1, -0.05) is 0 Å². The van der Waals surface area contributed by atoms with Gasteiger partial charge in [0.25, 0.3) is 0 Å². The van der Waals surface area contributed by atoms with Crippen LogP contribution in [0.4, 0.5) is 4.39 Å². The van der Waals surface area contributed by atoms with E-state index in [1.54, 1.807) is 12.3 Å². The summed E-state index contributed by atoms with van der Waals surface area (Å²) >= 11 is 0. The first-order valence-corrected chi connectivity index (χ1v) is 6.79. The van der Waals surface area contributed by atoms with Gasteiger partial charge in [-0.2, -0.15) is 5.26 Å². The number of nitriles is 1. The molecule has 0 aliphatic heterocycles. The predicted molar refractivity (Wildman–Crippen MR) is 75.9 cm³/mol. The molecule has 4 rings (SSSR count). The Morgan fingerprint density at radius 3 is 2.81 bits per heavy atom. The van der Waals surface area contributed by atoms with Crippen LogP contribution in [-0.4, -0.2) is 14.5 Å². The number of hydrogen-bond acceptors (Lipinski definition) is 3. The van der Waals surface area contributed by atoms with Crippen LogP contribution >= 0.6 is 0 Å². The van der Waals surface area contributed by atoms with Crippen LogP contribution in [0.5, 0.6) is 0 Å². The molecule has 1 saturated carbocycles. The predicted octanol–water partition coefficient (Wildman–Crippen LogP) is 3.44. The van der Waals surface area contributed by atoms with E-state index in [9.17, 15) is 4.39 Å². The Labute approximate surface area is 120 Å². The number of hydrogen-bond donors (Lipinski definition) is 0. The van der Waals surface area contributed by atoms with Gasteiger partial charge in [0, 0.05) is 17.8 Å². The first kappa shape index (κ1) is 12.0. The third-order valence-corrected chi connectivity index (χ3v) is 3.69. The molecule has 102 valence electrons. The molecule has 1 fully saturated rings. The van der Waals surface area contributed by atoms with Gasteiger partial charge in [0.2, 0.25) is 0 Å². The van der Waals surface area contributed by atoms with E-state index in [0.29, 0.717) is 17.2 Å². The van der Waals surface area contributed by atoms with Crippen LogP contribution in [0.3, 0.4) is 0 Å². The summed E-state index contributed by atoms with van der Waals surface area (Å²) in [5, 5.41) is 9.06. The number of imidazole rings is 1. The van der Waals surface area contributed by atoms with E-state index in [1.807, 2.05) is 12.1 Å². The highest BCUT2D eigenvalue weighted by Crippen LogP contribution is 2.41. The summed E-state index contributed by atoms with van der Waals surface area (Å²) in [6, 6.07) is 9.40. The molecule has 21 heavy (non-hydrogen) atoms. The largest absolute Gasteiger partial charge is 0.321 e. The molecule has 2 heterocycles. The lowest BCUT2D eigenvalue weighted by Crippen LogP contribution is -1.98. The maximum atomic E-state index is 13.4. The molecule has 0 spiro atoms. The van der Waals surface area contributed by atoms with Gasteiger partial charge in [-0.25, -0.2) is 9.37 Å². The van der Waals surface area contributed by atoms with Crippen molar-refractivity contribution in [1.29, 1.82) is 5.26 Å². The second kappa shape index (κ2) is 4.38. The monoisotopic (exact) mass is 278 g/mol. The van der Waals surface area contributed by atoms with Gasteiger partial charge in [0.1, 0.15) is 11.6 Å². The Kier molecular flexibility index (Phi) is 2.51. The summed E-state index contributed by atoms with van der Waals surface area (Å²) in [7, 11) is 0. The van der Waals surface area contributed by atoms with Gasteiger partial charge >= 0.3 is 0 Å². The number of halogens is 1. The Hall–Kier alpha value is -2.74. The summed E-state index contributed by atoms with van der Waals surface area (Å²) < 4.78 is 15.5. The minimum atomic E-state index is -0.375. The number of rotatable bonds is 2. The van der Waals surface area contributed by atoms with E-state index in [2.05, 4.69) is 20.6 Å². The van der Waals surface area contributed by atoms with Crippen LogP contribution in [0.25, 0.3) is 22.4 Å². The fourth-order valence-corrected chi connectivity index (χ4v) is 2.60. The number of benzene rings is 1. The molecule has 0 bridgehead atoms. The lowest BCUT2D eigenvalue weighted by atomic mass is 10.2. The molecular formula is C16H11FN4. The molecule has 0 amide bonds. The van der Waals surface area contributed by atoms with Crippen molar-refractivity contribution < 1.29 is 4.39 Å². The molecule has 1 aliphatic carbocycles. The van der Waals surface area contributed by atoms with Crippen molar-refractivity contribution in [2.45, 2.75) is 18.9 Å². The van der Waals surface area contributed by atoms with E-state index >= 15 is 0 Å². The number of fused-ring (bicyclic) bond motifs is 1. The van der Waals surface area contributed by atoms with Gasteiger partial charge in [-0.05, 0) is 37.1 Å². The standard InChI is InChI=1S/C16H11FN4/c17-12-6-11(8-19-9-12)16-20-14-4-1-10(7-18)5-15(14)21(16)13-2-3-13/h1,4-6,8-9,13H,2-3H2. The zero-order valence-corrected chi connectivity index (χ0v) is 11.1. The van der Waals surface area contributed by atoms with Crippen LogP contribution in [0.15, 0.2) is 36.7 Å². The minimum absolute atomic E-state index is 0.375. The van der Waals surface area contributed by atoms with Gasteiger partial charge in [-0.15, -0.1) is 0 Å². The van der Waals surface area contributed by atoms with Gasteiger partial charge in [-0.3, -0.25) is 4.98 Å². The maximum absolute atomic E-state index is 13.4. The molecule has 1 aromatic carbocycles. The van der Waals surface area contributed by atoms with E-state index < -0.39 is 0 Å². The highest BCUT2D eigenvalue weighted by molar-refractivity contribution is 5.82. The van der Waals surface area contributed by atoms with Crippen molar-refractivity contribution in [1.82, 2.24) is 14.5 Å². The molecule has 0 radical (unpaired) electrons. The molecular weight excluding hydrogens is 267 g/mol. The summed E-state index contributed by atoms with van der Waals surface area (Å²) in [5.41, 5.74) is 3.01. The summed E-state index contributed by atoms with van der Waals surface area (Å²) in [6.45, 7) is 0. The van der Waals surface area contributed by atoms with Crippen molar-refractivity contribution >= 4 is 11.0 Å². The van der Waals surface area contributed by atoms with Crippen molar-refractivity contribution in [3.05, 3.63) is 48.0 Å². The minimum Gasteiger partial charge on any atom is -0.321 e. The van der Waals surface area contributed by atoms with E-state index in [0.717, 1.165) is 29.7 Å². The zero-order valence-electron chi connectivity index (χ0n) is 11.1. The normalized spacial score (nSPS) is 14.3. The maximum Gasteiger partial charge on any atom is 0.143 e. The van der Waals surface area contributed by atoms with Gasteiger partial charge in [0.05, 0.1) is 28.9 Å². The quantitative estimate of drug-likeness (QED) is 0.721. The van der Waals surface area contributed by atoms with E-state index in [4.69, 9.17) is 5.26 Å². The lowest BCUT2D eigenvalue weighted by molar-refractivity contribution is 0.621. The average molecular weight is 278 g/mol. The van der Waals surface area contributed by atoms with Crippen molar-refractivity contribution in [2.75, 3.05) is 0 Å². The smallest absolute Gasteiger partial charge is 0.143 e. The van der Waals surface area contributed by atoms with Crippen LogP contribution < -0.4 is 0 Å². The molecule has 1 aliphatic rings. The van der Waals surface area contributed by atoms with Gasteiger partial charge in [0.15, 0.2) is 0 Å². The fourth-order valence-electron chi connectivity index (χ4n) is 2.60. The Balaban J connectivity index is 2.00. The molecule has 0 N–H and O–H groups in total. The van der Waals surface area contributed by atoms with Crippen molar-refractivity contribution in [3.8, 4) is 17.5 Å². The first-order valence-electron chi connectivity index (χ1n) is 6.79. The SMILES string of the molecule is N#Cc1ccc2nc(-c3cncc(F)c3)n(C3CC3)c2c1. The average Bonchev–Trinajstić information content (AvgIpc) is 3.26. The molecule has 5 heteroatoms. The second-order valence-electron chi connectivity index (χ2n) is 5.24. The Bertz CT molecular complexity index is 887. The Morgan fingerprint density at radius 2 is 2.10 bits per heavy atom. The number of nitrogens with zero attached hydrogens (tertiary/aromatic N) is 4. The fraction of sp³-hybridized carbons (Fsp3) is 0.188. The van der Waals surface area contributed by atoms with Crippen molar-refractivity contribution in [3.63, 3.8) is 0 Å². The van der Waals surface area contributed by atoms with E-state index in [1.165, 1.54) is 12.3 Å². The topological polar surface area (TPSA) is 54.5 Å². The molecule has 0 atom stereocenters. The Morgan fingerprint density at radius 1 is 1.24 bits per heavy atom. The number of aromatic nitrogens is 3. The van der Waals surface area contributed by atoms with Crippen LogP contribution in [-0.2, 0) is 0 Å². The summed E-state index contributed by atoms with van der Waals surface area (Å²) in [5.74, 6) is 0.342. The van der Waals surface area contributed by atoms with E-state index in [-0.39, 0.29) is 5.82 Å². The van der Waals surface area contributed by atoms with Crippen LogP contribution in [0.1, 0.15) is 24.4 Å². The molecule has 0 saturated heterocycles. The summed E-state index contributed by atoms with van der Waals surface area (Å²) in [4.78, 5) is 8.51. The molecule has 3 aromatic rings. The highest BCUT2D eigenvalue weighted by atomic mass is 19.1. The first-order chi connectivity index (χ1) is 10.3. The zero-order chi connectivity index (χ0) is 14.4. The van der Waals surface area contributed by atoms with Crippen LogP contribution in [0.2, 0.25) is 0 Å².